The summed E-state index contributed by atoms with van der Waals surface area (Å²) in [6.07, 6.45) is 3.92. The van der Waals surface area contributed by atoms with Crippen molar-refractivity contribution < 1.29 is 0 Å². The summed E-state index contributed by atoms with van der Waals surface area (Å²) in [7, 11) is 0. The largest absolute Gasteiger partial charge is 0.340 e. The average Bonchev–Trinajstić information content (AvgIpc) is 2.76. The van der Waals surface area contributed by atoms with Crippen molar-refractivity contribution in [3.8, 4) is 0 Å². The molecule has 0 spiro atoms. The number of anilines is 2. The molecular weight excluding hydrogens is 234 g/mol. The van der Waals surface area contributed by atoms with Crippen LogP contribution in [0.3, 0.4) is 0 Å². The van der Waals surface area contributed by atoms with Crippen molar-refractivity contribution >= 4 is 17.2 Å². The topological polar surface area (TPSA) is 29.3 Å². The molecule has 19 heavy (non-hydrogen) atoms. The summed E-state index contributed by atoms with van der Waals surface area (Å²) in [6.45, 7) is 6.30. The van der Waals surface area contributed by atoms with Crippen LogP contribution in [0, 0.1) is 20.8 Å². The van der Waals surface area contributed by atoms with E-state index in [2.05, 4.69) is 65.8 Å². The van der Waals surface area contributed by atoms with Crippen molar-refractivity contribution in [2.24, 2.45) is 0 Å². The van der Waals surface area contributed by atoms with E-state index in [1.54, 1.807) is 0 Å². The molecule has 2 heterocycles. The van der Waals surface area contributed by atoms with Gasteiger partial charge in [-0.2, -0.15) is 0 Å². The fourth-order valence-electron chi connectivity index (χ4n) is 2.31. The third kappa shape index (κ3) is 2.08. The van der Waals surface area contributed by atoms with Gasteiger partial charge < -0.3 is 5.32 Å². The molecule has 0 atom stereocenters. The third-order valence-corrected chi connectivity index (χ3v) is 3.40. The van der Waals surface area contributed by atoms with E-state index in [0.717, 1.165) is 17.2 Å². The summed E-state index contributed by atoms with van der Waals surface area (Å²) in [5, 5.41) is 3.48. The van der Waals surface area contributed by atoms with Crippen LogP contribution in [0.2, 0.25) is 0 Å². The Hall–Kier alpha value is -2.29. The van der Waals surface area contributed by atoms with Gasteiger partial charge in [0.1, 0.15) is 11.5 Å². The smallest absolute Gasteiger partial charge is 0.138 e. The number of hydrogen-bond acceptors (Lipinski definition) is 2. The van der Waals surface area contributed by atoms with E-state index in [1.807, 2.05) is 12.4 Å². The number of rotatable bonds is 2. The van der Waals surface area contributed by atoms with E-state index in [9.17, 15) is 0 Å². The quantitative estimate of drug-likeness (QED) is 0.745. The first-order chi connectivity index (χ1) is 9.15. The molecule has 0 aliphatic carbocycles. The first-order valence-electron chi connectivity index (χ1n) is 6.42. The second kappa shape index (κ2) is 4.43. The number of hydrogen-bond donors (Lipinski definition) is 1. The van der Waals surface area contributed by atoms with Gasteiger partial charge in [0.25, 0.3) is 0 Å². The Morgan fingerprint density at radius 2 is 1.79 bits per heavy atom. The average molecular weight is 251 g/mol. The lowest BCUT2D eigenvalue weighted by atomic mass is 10.1. The lowest BCUT2D eigenvalue weighted by Gasteiger charge is -2.12. The van der Waals surface area contributed by atoms with Gasteiger partial charge in [-0.15, -0.1) is 0 Å². The van der Waals surface area contributed by atoms with Gasteiger partial charge in [-0.1, -0.05) is 18.2 Å². The summed E-state index contributed by atoms with van der Waals surface area (Å²) in [4.78, 5) is 4.44. The zero-order valence-corrected chi connectivity index (χ0v) is 11.4. The van der Waals surface area contributed by atoms with Crippen LogP contribution in [0.5, 0.6) is 0 Å². The molecular formula is C16H17N3. The van der Waals surface area contributed by atoms with Crippen LogP contribution in [-0.4, -0.2) is 9.38 Å². The van der Waals surface area contributed by atoms with Crippen LogP contribution in [0.1, 0.15) is 16.7 Å². The van der Waals surface area contributed by atoms with Crippen LogP contribution in [-0.2, 0) is 0 Å². The van der Waals surface area contributed by atoms with Gasteiger partial charge in [0.2, 0.25) is 0 Å². The van der Waals surface area contributed by atoms with Crippen molar-refractivity contribution in [1.82, 2.24) is 9.38 Å². The maximum atomic E-state index is 4.44. The second-order valence-electron chi connectivity index (χ2n) is 4.97. The first kappa shape index (κ1) is 11.8. The number of aryl methyl sites for hydroxylation is 3. The molecule has 3 nitrogen and oxygen atoms in total. The minimum absolute atomic E-state index is 0.966. The molecule has 0 bridgehead atoms. The Balaban J connectivity index is 2.06. The molecule has 0 aliphatic heterocycles. The fraction of sp³-hybridized carbons (Fsp3) is 0.188. The SMILES string of the molecule is Cc1ccn2c(Nc3c(C)cccc3C)cnc2c1. The van der Waals surface area contributed by atoms with E-state index >= 15 is 0 Å². The molecule has 3 aromatic rings. The number of fused-ring (bicyclic) bond motifs is 1. The summed E-state index contributed by atoms with van der Waals surface area (Å²) in [5.74, 6) is 0.993. The van der Waals surface area contributed by atoms with Gasteiger partial charge in [-0.05, 0) is 49.6 Å². The Bertz CT molecular complexity index is 721. The predicted octanol–water partition coefficient (Wildman–Crippen LogP) is 4.00. The number of para-hydroxylation sites is 1. The van der Waals surface area contributed by atoms with Gasteiger partial charge in [0.05, 0.1) is 6.20 Å². The minimum atomic E-state index is 0.966. The van der Waals surface area contributed by atoms with Crippen molar-refractivity contribution in [2.45, 2.75) is 20.8 Å². The molecule has 0 saturated carbocycles. The Kier molecular flexibility index (Phi) is 2.75. The molecule has 0 aliphatic rings. The molecule has 1 aromatic carbocycles. The Labute approximate surface area is 112 Å². The number of nitrogens with one attached hydrogen (secondary N) is 1. The van der Waals surface area contributed by atoms with E-state index in [-0.39, 0.29) is 0 Å². The highest BCUT2D eigenvalue weighted by atomic mass is 15.1. The number of imidazole rings is 1. The predicted molar refractivity (Wildman–Crippen MR) is 79.1 cm³/mol. The third-order valence-electron chi connectivity index (χ3n) is 3.40. The standard InChI is InChI=1S/C16H17N3/c1-11-7-8-19-14(9-11)17-10-15(19)18-16-12(2)5-4-6-13(16)3/h4-10,18H,1-3H3. The zero-order chi connectivity index (χ0) is 13.4. The molecule has 2 aromatic heterocycles. The van der Waals surface area contributed by atoms with Gasteiger partial charge in [0, 0.05) is 11.9 Å². The molecule has 0 radical (unpaired) electrons. The van der Waals surface area contributed by atoms with Crippen LogP contribution in [0.15, 0.2) is 42.7 Å². The van der Waals surface area contributed by atoms with Crippen molar-refractivity contribution in [3.63, 3.8) is 0 Å². The fourth-order valence-corrected chi connectivity index (χ4v) is 2.31. The summed E-state index contributed by atoms with van der Waals surface area (Å²) in [5.41, 5.74) is 5.82. The van der Waals surface area contributed by atoms with E-state index in [1.165, 1.54) is 16.7 Å². The number of benzene rings is 1. The van der Waals surface area contributed by atoms with Gasteiger partial charge in [-0.3, -0.25) is 4.40 Å². The summed E-state index contributed by atoms with van der Waals surface area (Å²) in [6, 6.07) is 10.5. The minimum Gasteiger partial charge on any atom is -0.340 e. The number of nitrogens with zero attached hydrogens (tertiary/aromatic N) is 2. The maximum Gasteiger partial charge on any atom is 0.138 e. The highest BCUT2D eigenvalue weighted by molar-refractivity contribution is 5.66. The van der Waals surface area contributed by atoms with Gasteiger partial charge in [-0.25, -0.2) is 4.98 Å². The molecule has 1 N–H and O–H groups in total. The first-order valence-corrected chi connectivity index (χ1v) is 6.42. The molecule has 0 amide bonds. The number of pyridine rings is 1. The van der Waals surface area contributed by atoms with Crippen molar-refractivity contribution in [3.05, 3.63) is 59.4 Å². The van der Waals surface area contributed by atoms with E-state index in [4.69, 9.17) is 0 Å². The second-order valence-corrected chi connectivity index (χ2v) is 4.97. The van der Waals surface area contributed by atoms with Gasteiger partial charge >= 0.3 is 0 Å². The molecule has 3 rings (SSSR count). The highest BCUT2D eigenvalue weighted by Gasteiger charge is 2.06. The van der Waals surface area contributed by atoms with E-state index < -0.39 is 0 Å². The van der Waals surface area contributed by atoms with Crippen LogP contribution >= 0.6 is 0 Å². The lowest BCUT2D eigenvalue weighted by Crippen LogP contribution is -1.99. The normalized spacial score (nSPS) is 10.9. The zero-order valence-electron chi connectivity index (χ0n) is 11.4. The van der Waals surface area contributed by atoms with Crippen molar-refractivity contribution in [2.75, 3.05) is 5.32 Å². The summed E-state index contributed by atoms with van der Waals surface area (Å²) < 4.78 is 2.07. The Morgan fingerprint density at radius 3 is 2.53 bits per heavy atom. The maximum absolute atomic E-state index is 4.44. The summed E-state index contributed by atoms with van der Waals surface area (Å²) >= 11 is 0. The van der Waals surface area contributed by atoms with Crippen LogP contribution in [0.4, 0.5) is 11.5 Å². The highest BCUT2D eigenvalue weighted by Crippen LogP contribution is 2.24. The molecule has 0 fully saturated rings. The molecule has 96 valence electrons. The Morgan fingerprint density at radius 1 is 1.05 bits per heavy atom. The van der Waals surface area contributed by atoms with Crippen molar-refractivity contribution in [1.29, 1.82) is 0 Å². The lowest BCUT2D eigenvalue weighted by molar-refractivity contribution is 1.16. The van der Waals surface area contributed by atoms with E-state index in [0.29, 0.717) is 0 Å². The molecule has 3 heteroatoms. The van der Waals surface area contributed by atoms with Crippen LogP contribution in [0.25, 0.3) is 5.65 Å². The molecule has 0 unspecified atom stereocenters. The van der Waals surface area contributed by atoms with Crippen LogP contribution < -0.4 is 5.32 Å². The monoisotopic (exact) mass is 251 g/mol. The van der Waals surface area contributed by atoms with Gasteiger partial charge in [0.15, 0.2) is 0 Å². The number of aromatic nitrogens is 2. The molecule has 0 saturated heterocycles.